The predicted octanol–water partition coefficient (Wildman–Crippen LogP) is 4.27. The number of hydrogen-bond donors (Lipinski definition) is 3. The van der Waals surface area contributed by atoms with Crippen molar-refractivity contribution in [3.05, 3.63) is 92.3 Å². The average molecular weight is 630 g/mol. The number of thiophene rings is 1. The maximum Gasteiger partial charge on any atom is 0.250 e. The van der Waals surface area contributed by atoms with E-state index >= 15 is 0 Å². The Morgan fingerprint density at radius 2 is 1.91 bits per heavy atom. The number of nitrogens with zero attached hydrogens (tertiary/aromatic N) is 4. The second-order valence-electron chi connectivity index (χ2n) is 10.1. The van der Waals surface area contributed by atoms with Gasteiger partial charge in [-0.3, -0.25) is 19.1 Å². The molecule has 2 amide bonds. The molecule has 0 bridgehead atoms. The molecule has 10 nitrogen and oxygen atoms in total. The molecule has 3 heterocycles. The van der Waals surface area contributed by atoms with E-state index in [1.165, 1.54) is 4.88 Å². The van der Waals surface area contributed by atoms with Gasteiger partial charge in [0.15, 0.2) is 5.82 Å². The van der Waals surface area contributed by atoms with Gasteiger partial charge in [0, 0.05) is 38.8 Å². The van der Waals surface area contributed by atoms with E-state index in [1.807, 2.05) is 41.8 Å². The summed E-state index contributed by atoms with van der Waals surface area (Å²) in [6.07, 6.45) is 0.0616. The van der Waals surface area contributed by atoms with Crippen molar-refractivity contribution in [3.8, 4) is 16.8 Å². The van der Waals surface area contributed by atoms with Gasteiger partial charge >= 0.3 is 0 Å². The first-order chi connectivity index (χ1) is 21.2. The van der Waals surface area contributed by atoms with E-state index in [1.54, 1.807) is 29.5 Å². The zero-order chi connectivity index (χ0) is 31.2. The van der Waals surface area contributed by atoms with Crippen LogP contribution in [0.3, 0.4) is 0 Å². The predicted molar refractivity (Wildman–Crippen MR) is 173 cm³/mol. The summed E-state index contributed by atoms with van der Waals surface area (Å²) in [5.74, 6) is 6.51. The molecular weight excluding hydrogens is 598 g/mol. The molecule has 0 fully saturated rings. The molecule has 5 rings (SSSR count). The molecule has 226 valence electrons. The lowest BCUT2D eigenvalue weighted by molar-refractivity contribution is -0.122. The number of ether oxygens (including phenoxy) is 1. The Morgan fingerprint density at radius 1 is 1.11 bits per heavy atom. The van der Waals surface area contributed by atoms with E-state index in [2.05, 4.69) is 46.5 Å². The summed E-state index contributed by atoms with van der Waals surface area (Å²) in [7, 11) is 0. The van der Waals surface area contributed by atoms with E-state index in [0.717, 1.165) is 38.8 Å². The summed E-state index contributed by atoms with van der Waals surface area (Å²) in [6.45, 7) is 6.56. The van der Waals surface area contributed by atoms with Gasteiger partial charge in [-0.1, -0.05) is 41.6 Å². The molecule has 0 unspecified atom stereocenters. The van der Waals surface area contributed by atoms with Crippen LogP contribution in [0.15, 0.2) is 53.5 Å². The number of amides is 2. The van der Waals surface area contributed by atoms with Crippen molar-refractivity contribution in [1.82, 2.24) is 20.1 Å². The molecule has 0 saturated carbocycles. The Balaban J connectivity index is 1.23. The topological polar surface area (TPSA) is 137 Å². The second kappa shape index (κ2) is 14.0. The van der Waals surface area contributed by atoms with Gasteiger partial charge in [-0.25, -0.2) is 0 Å². The lowest BCUT2D eigenvalue weighted by atomic mass is 9.99. The smallest absolute Gasteiger partial charge is 0.250 e. The third-order valence-corrected chi connectivity index (χ3v) is 8.46. The Labute approximate surface area is 264 Å². The quantitative estimate of drug-likeness (QED) is 0.187. The SMILES string of the molecule is Cc1sc2c(c1C)C(c1ccc(Cl)cc1)=N[C@@H](CC(=O)NCCOCC(=O)Nc1cccc(C#CCN)c1)c1nnc(C)n1-2. The molecule has 1 aliphatic rings. The Bertz CT molecular complexity index is 1780. The summed E-state index contributed by atoms with van der Waals surface area (Å²) in [6, 6.07) is 14.1. The number of nitrogens with two attached hydrogens (primary N) is 1. The van der Waals surface area contributed by atoms with Crippen LogP contribution in [0, 0.1) is 32.6 Å². The second-order valence-corrected chi connectivity index (χ2v) is 11.8. The molecule has 0 saturated heterocycles. The van der Waals surface area contributed by atoms with Crippen LogP contribution in [0.25, 0.3) is 5.00 Å². The standard InChI is InChI=1S/C32H32ClN7O3S/c1-19-20(2)44-32-29(19)30(23-9-11-24(33)12-10-23)37-26(31-39-38-21(3)40(31)32)17-27(41)35-14-15-43-18-28(42)36-25-8-4-6-22(16-25)7-5-13-34/h4,6,8-12,16,26H,13-15,17-18,34H2,1-3H3,(H,35,41)(H,36,42)/t26-/m0/s1. The normalized spacial score (nSPS) is 13.6. The third kappa shape index (κ3) is 7.06. The number of carbonyl (C=O) groups is 2. The van der Waals surface area contributed by atoms with Gasteiger partial charge in [0.05, 0.1) is 25.3 Å². The van der Waals surface area contributed by atoms with Crippen molar-refractivity contribution in [3.63, 3.8) is 0 Å². The Hall–Kier alpha value is -4.34. The van der Waals surface area contributed by atoms with Crippen molar-refractivity contribution < 1.29 is 14.3 Å². The van der Waals surface area contributed by atoms with Crippen molar-refractivity contribution in [1.29, 1.82) is 0 Å². The molecule has 0 spiro atoms. The number of nitrogens with one attached hydrogen (secondary N) is 2. The molecule has 44 heavy (non-hydrogen) atoms. The van der Waals surface area contributed by atoms with Gasteiger partial charge in [0.2, 0.25) is 11.8 Å². The average Bonchev–Trinajstić information content (AvgIpc) is 3.48. The highest BCUT2D eigenvalue weighted by atomic mass is 35.5. The van der Waals surface area contributed by atoms with Crippen molar-refractivity contribution in [2.75, 3.05) is 31.6 Å². The highest BCUT2D eigenvalue weighted by Gasteiger charge is 2.32. The maximum atomic E-state index is 13.1. The zero-order valence-electron chi connectivity index (χ0n) is 24.6. The first kappa shape index (κ1) is 31.1. The molecule has 12 heteroatoms. The van der Waals surface area contributed by atoms with Crippen LogP contribution in [-0.2, 0) is 14.3 Å². The monoisotopic (exact) mass is 629 g/mol. The van der Waals surface area contributed by atoms with Crippen molar-refractivity contribution in [2.24, 2.45) is 10.7 Å². The number of aliphatic imine (C=N–C) groups is 1. The summed E-state index contributed by atoms with van der Waals surface area (Å²) in [4.78, 5) is 31.7. The van der Waals surface area contributed by atoms with Crippen LogP contribution < -0.4 is 16.4 Å². The number of halogens is 1. The Morgan fingerprint density at radius 3 is 2.68 bits per heavy atom. The number of carbonyl (C=O) groups excluding carboxylic acids is 2. The summed E-state index contributed by atoms with van der Waals surface area (Å²) < 4.78 is 7.50. The minimum absolute atomic E-state index is 0.0616. The van der Waals surface area contributed by atoms with Gasteiger partial charge in [-0.15, -0.1) is 21.5 Å². The van der Waals surface area contributed by atoms with Gasteiger partial charge in [-0.2, -0.15) is 0 Å². The minimum atomic E-state index is -0.571. The lowest BCUT2D eigenvalue weighted by Crippen LogP contribution is -2.30. The lowest BCUT2D eigenvalue weighted by Gasteiger charge is -2.13. The fraction of sp³-hybridized carbons (Fsp3) is 0.281. The molecule has 1 aliphatic heterocycles. The number of aryl methyl sites for hydroxylation is 2. The summed E-state index contributed by atoms with van der Waals surface area (Å²) >= 11 is 7.84. The number of hydrogen-bond acceptors (Lipinski definition) is 8. The van der Waals surface area contributed by atoms with E-state index in [0.29, 0.717) is 16.5 Å². The van der Waals surface area contributed by atoms with Crippen LogP contribution in [0.4, 0.5) is 5.69 Å². The minimum Gasteiger partial charge on any atom is -0.370 e. The molecule has 0 aliphatic carbocycles. The first-order valence-electron chi connectivity index (χ1n) is 14.0. The fourth-order valence-corrected chi connectivity index (χ4v) is 6.17. The van der Waals surface area contributed by atoms with Crippen LogP contribution >= 0.6 is 22.9 Å². The number of benzene rings is 2. The molecule has 2 aromatic heterocycles. The summed E-state index contributed by atoms with van der Waals surface area (Å²) in [5, 5.41) is 16.0. The molecule has 0 radical (unpaired) electrons. The highest BCUT2D eigenvalue weighted by Crippen LogP contribution is 2.39. The number of rotatable bonds is 9. The maximum absolute atomic E-state index is 13.1. The number of aromatic nitrogens is 3. The van der Waals surface area contributed by atoms with E-state index in [-0.39, 0.29) is 44.5 Å². The van der Waals surface area contributed by atoms with E-state index < -0.39 is 6.04 Å². The summed E-state index contributed by atoms with van der Waals surface area (Å²) in [5.41, 5.74) is 10.6. The van der Waals surface area contributed by atoms with Crippen LogP contribution in [0.5, 0.6) is 0 Å². The van der Waals surface area contributed by atoms with Gasteiger partial charge < -0.3 is 21.1 Å². The first-order valence-corrected chi connectivity index (χ1v) is 15.2. The van der Waals surface area contributed by atoms with Crippen LogP contribution in [0.1, 0.15) is 51.2 Å². The number of anilines is 1. The van der Waals surface area contributed by atoms with E-state index in [4.69, 9.17) is 27.1 Å². The number of fused-ring (bicyclic) bond motifs is 3. The molecule has 1 atom stereocenters. The van der Waals surface area contributed by atoms with Crippen LogP contribution in [0.2, 0.25) is 5.02 Å². The molecular formula is C32H32ClN7O3S. The van der Waals surface area contributed by atoms with E-state index in [9.17, 15) is 9.59 Å². The van der Waals surface area contributed by atoms with Gasteiger partial charge in [-0.05, 0) is 56.7 Å². The van der Waals surface area contributed by atoms with Gasteiger partial charge in [0.1, 0.15) is 23.5 Å². The highest BCUT2D eigenvalue weighted by molar-refractivity contribution is 7.15. The largest absolute Gasteiger partial charge is 0.370 e. The molecule has 2 aromatic carbocycles. The Kier molecular flexibility index (Phi) is 9.87. The van der Waals surface area contributed by atoms with Crippen molar-refractivity contribution in [2.45, 2.75) is 33.2 Å². The fourth-order valence-electron chi connectivity index (χ4n) is 4.83. The van der Waals surface area contributed by atoms with Crippen LogP contribution in [-0.4, -0.2) is 58.6 Å². The zero-order valence-corrected chi connectivity index (χ0v) is 26.2. The van der Waals surface area contributed by atoms with Crippen molar-refractivity contribution >= 4 is 46.2 Å². The molecule has 4 N–H and O–H groups in total. The third-order valence-electron chi connectivity index (χ3n) is 7.02. The van der Waals surface area contributed by atoms with Gasteiger partial charge in [0.25, 0.3) is 0 Å². The molecule has 4 aromatic rings.